The fraction of sp³-hybridized carbons (Fsp3) is 0.189. The Morgan fingerprint density at radius 2 is 1.31 bits per heavy atom. The maximum atomic E-state index is 15.8. The number of fused-ring (bicyclic) bond motifs is 6. The van der Waals surface area contributed by atoms with Crippen molar-refractivity contribution in [3.63, 3.8) is 0 Å². The molecule has 0 saturated carbocycles. The molecule has 0 unspecified atom stereocenters. The van der Waals surface area contributed by atoms with Gasteiger partial charge in [0.2, 0.25) is 0 Å². The molecule has 260 valence electrons. The van der Waals surface area contributed by atoms with Gasteiger partial charge in [-0.05, 0) is 54.0 Å². The van der Waals surface area contributed by atoms with E-state index in [2.05, 4.69) is 5.10 Å². The molecule has 2 aromatic carbocycles. The van der Waals surface area contributed by atoms with Crippen molar-refractivity contribution in [3.8, 4) is 32.6 Å². The van der Waals surface area contributed by atoms with Gasteiger partial charge in [-0.3, -0.25) is 13.9 Å². The molecule has 9 nitrogen and oxygen atoms in total. The highest BCUT2D eigenvalue weighted by Gasteiger charge is 2.32. The van der Waals surface area contributed by atoms with Crippen molar-refractivity contribution in [1.29, 1.82) is 0 Å². The third-order valence-corrected chi connectivity index (χ3v) is 12.0. The molecule has 2 aliphatic heterocycles. The molecule has 0 bridgehead atoms. The van der Waals surface area contributed by atoms with Gasteiger partial charge in [-0.1, -0.05) is 60.7 Å². The van der Waals surface area contributed by atoms with E-state index in [1.165, 1.54) is 29.6 Å². The Morgan fingerprint density at radius 1 is 0.784 bits per heavy atom. The molecular formula is C37H30F2N4O5S3. The van der Waals surface area contributed by atoms with Crippen LogP contribution in [0.15, 0.2) is 94.5 Å². The lowest BCUT2D eigenvalue weighted by molar-refractivity contribution is 0.302. The number of benzene rings is 2. The molecule has 0 saturated heterocycles. The highest BCUT2D eigenvalue weighted by molar-refractivity contribution is 7.88. The number of rotatable bonds is 11. The second-order valence-corrected chi connectivity index (χ2v) is 15.7. The van der Waals surface area contributed by atoms with Crippen LogP contribution in [0, 0.1) is 0 Å². The number of ether oxygens (including phenoxy) is 2. The van der Waals surface area contributed by atoms with Crippen LogP contribution in [0.3, 0.4) is 0 Å². The van der Waals surface area contributed by atoms with Gasteiger partial charge in [0.05, 0.1) is 34.2 Å². The summed E-state index contributed by atoms with van der Waals surface area (Å²) >= 11 is 2.38. The lowest BCUT2D eigenvalue weighted by Crippen LogP contribution is -2.08. The predicted octanol–water partition coefficient (Wildman–Crippen LogP) is 9.16. The van der Waals surface area contributed by atoms with E-state index in [0.717, 1.165) is 38.8 Å². The van der Waals surface area contributed by atoms with Crippen molar-refractivity contribution < 1.29 is 31.2 Å². The molecule has 0 aliphatic carbocycles. The topological polar surface area (TPSA) is 108 Å². The van der Waals surface area contributed by atoms with Crippen LogP contribution in [0.5, 0.6) is 11.5 Å². The molecule has 0 fully saturated rings. The molecule has 0 spiro atoms. The molecule has 6 aromatic rings. The standard InChI is InChI=1S/C37H30F2N4O5S3/c38-27(32-25-21-47-29-16-17-49-36(29)34(25)42(40-32)19-23-10-4-1-5-11-23)14-8-3-9-15-28(39)33-26-22-48-30-18-31(51(44,45)46)50-37(30)35(26)43(41-33)20-24-12-6-2-7-13-24/h1-2,4-7,10-18H,3,8-9,19-22H2,(H,44,45,46)/b27-14-,28-15-. The molecule has 51 heavy (non-hydrogen) atoms. The number of halogens is 2. The van der Waals surface area contributed by atoms with Gasteiger partial charge in [-0.2, -0.15) is 18.6 Å². The van der Waals surface area contributed by atoms with E-state index < -0.39 is 21.8 Å². The highest BCUT2D eigenvalue weighted by atomic mass is 32.3. The Kier molecular flexibility index (Phi) is 8.92. The number of aromatic nitrogens is 4. The Labute approximate surface area is 300 Å². The first-order chi connectivity index (χ1) is 24.7. The molecule has 14 heteroatoms. The van der Waals surface area contributed by atoms with E-state index in [9.17, 15) is 13.0 Å². The van der Waals surface area contributed by atoms with Crippen molar-refractivity contribution in [1.82, 2.24) is 19.6 Å². The summed E-state index contributed by atoms with van der Waals surface area (Å²) in [6.07, 6.45) is 4.05. The first-order valence-electron chi connectivity index (χ1n) is 16.2. The smallest absolute Gasteiger partial charge is 0.304 e. The summed E-state index contributed by atoms with van der Waals surface area (Å²) in [5.41, 5.74) is 4.90. The predicted molar refractivity (Wildman–Crippen MR) is 193 cm³/mol. The maximum Gasteiger partial charge on any atom is 0.304 e. The minimum Gasteiger partial charge on any atom is -0.487 e. The van der Waals surface area contributed by atoms with Crippen molar-refractivity contribution in [2.75, 3.05) is 0 Å². The minimum atomic E-state index is -4.47. The largest absolute Gasteiger partial charge is 0.487 e. The second kappa shape index (κ2) is 13.7. The zero-order chi connectivity index (χ0) is 35.1. The van der Waals surface area contributed by atoms with Crippen molar-refractivity contribution in [2.24, 2.45) is 0 Å². The van der Waals surface area contributed by atoms with Crippen LogP contribution in [-0.2, 0) is 36.4 Å². The van der Waals surface area contributed by atoms with Crippen molar-refractivity contribution >= 4 is 44.4 Å². The molecule has 8 rings (SSSR count). The van der Waals surface area contributed by atoms with Gasteiger partial charge in [0.15, 0.2) is 4.21 Å². The highest BCUT2D eigenvalue weighted by Crippen LogP contribution is 2.47. The molecule has 1 N–H and O–H groups in total. The van der Waals surface area contributed by atoms with E-state index in [-0.39, 0.29) is 34.6 Å². The zero-order valence-electron chi connectivity index (χ0n) is 27.0. The number of unbranched alkanes of at least 4 members (excludes halogenated alkanes) is 2. The average Bonchev–Trinajstić information content (AvgIpc) is 3.92. The van der Waals surface area contributed by atoms with Gasteiger partial charge in [0.25, 0.3) is 0 Å². The van der Waals surface area contributed by atoms with E-state index in [0.29, 0.717) is 54.0 Å². The number of hydrogen-bond donors (Lipinski definition) is 1. The fourth-order valence-electron chi connectivity index (χ4n) is 6.31. The number of allylic oxidation sites excluding steroid dienone is 2. The molecule has 2 aliphatic rings. The van der Waals surface area contributed by atoms with Crippen LogP contribution >= 0.6 is 22.7 Å². The zero-order valence-corrected chi connectivity index (χ0v) is 29.4. The molecular weight excluding hydrogens is 715 g/mol. The quantitative estimate of drug-likeness (QED) is 0.104. The third-order valence-electron chi connectivity index (χ3n) is 8.69. The minimum absolute atomic E-state index is 0.0266. The summed E-state index contributed by atoms with van der Waals surface area (Å²) in [7, 11) is -4.47. The maximum absolute atomic E-state index is 15.8. The van der Waals surface area contributed by atoms with E-state index in [4.69, 9.17) is 14.6 Å². The molecule has 4 aromatic heterocycles. The van der Waals surface area contributed by atoms with Gasteiger partial charge in [0, 0.05) is 17.2 Å². The SMILES string of the molecule is O=S(=O)(O)c1cc2c(s1)-c1c(c(/C(F)=C/CCC/C=C(\F)c3nn(Cc4ccccc4)c4c3COc3ccsc3-4)nn1Cc1ccccc1)CO2. The van der Waals surface area contributed by atoms with E-state index >= 15 is 8.78 Å². The monoisotopic (exact) mass is 744 g/mol. The Hall–Kier alpha value is -4.89. The number of nitrogens with zero attached hydrogens (tertiary/aromatic N) is 4. The first kappa shape index (κ1) is 33.3. The lowest BCUT2D eigenvalue weighted by Gasteiger charge is -2.16. The van der Waals surface area contributed by atoms with E-state index in [1.54, 1.807) is 4.68 Å². The van der Waals surface area contributed by atoms with Crippen LogP contribution in [0.2, 0.25) is 0 Å². The third kappa shape index (κ3) is 6.55. The van der Waals surface area contributed by atoms with Gasteiger partial charge in [-0.25, -0.2) is 8.78 Å². The van der Waals surface area contributed by atoms with Gasteiger partial charge >= 0.3 is 10.1 Å². The van der Waals surface area contributed by atoms with Crippen LogP contribution in [0.25, 0.3) is 32.8 Å². The lowest BCUT2D eigenvalue weighted by atomic mass is 10.1. The summed E-state index contributed by atoms with van der Waals surface area (Å²) < 4.78 is 80.0. The van der Waals surface area contributed by atoms with Gasteiger partial charge < -0.3 is 9.47 Å². The number of thiophene rings is 2. The first-order valence-corrected chi connectivity index (χ1v) is 19.3. The Bertz CT molecular complexity index is 2410. The number of hydrogen-bond acceptors (Lipinski definition) is 8. The van der Waals surface area contributed by atoms with Gasteiger partial charge in [-0.15, -0.1) is 22.7 Å². The Balaban J connectivity index is 1.02. The molecule has 6 heterocycles. The summed E-state index contributed by atoms with van der Waals surface area (Å²) in [5, 5.41) is 11.3. The molecule has 0 amide bonds. The van der Waals surface area contributed by atoms with Crippen molar-refractivity contribution in [2.45, 2.75) is 49.8 Å². The van der Waals surface area contributed by atoms with Gasteiger partial charge in [0.1, 0.15) is 47.8 Å². The normalized spacial score (nSPS) is 13.9. The summed E-state index contributed by atoms with van der Waals surface area (Å²) in [6.45, 7) is 0.987. The van der Waals surface area contributed by atoms with Crippen LogP contribution in [0.1, 0.15) is 52.9 Å². The van der Waals surface area contributed by atoms with Crippen molar-refractivity contribution in [3.05, 3.63) is 124 Å². The fourth-order valence-corrected chi connectivity index (χ4v) is 9.06. The van der Waals surface area contributed by atoms with E-state index in [1.807, 2.05) is 76.8 Å². The molecule has 0 atom stereocenters. The Morgan fingerprint density at radius 3 is 1.86 bits per heavy atom. The summed E-state index contributed by atoms with van der Waals surface area (Å²) in [4.78, 5) is 1.37. The second-order valence-electron chi connectivity index (χ2n) is 12.1. The molecule has 0 radical (unpaired) electrons. The summed E-state index contributed by atoms with van der Waals surface area (Å²) in [5.74, 6) is 0.0438. The average molecular weight is 745 g/mol. The van der Waals surface area contributed by atoms with Crippen LogP contribution in [0.4, 0.5) is 8.78 Å². The summed E-state index contributed by atoms with van der Waals surface area (Å²) in [6, 6.07) is 22.6. The van der Waals surface area contributed by atoms with Crippen LogP contribution < -0.4 is 9.47 Å². The van der Waals surface area contributed by atoms with Crippen LogP contribution in [-0.4, -0.2) is 32.5 Å².